The summed E-state index contributed by atoms with van der Waals surface area (Å²) in [7, 11) is 1.94. The Kier molecular flexibility index (Phi) is 4.90. The number of aliphatic hydroxyl groups is 1. The summed E-state index contributed by atoms with van der Waals surface area (Å²) in [6.45, 7) is 4.07. The lowest BCUT2D eigenvalue weighted by molar-refractivity contribution is -0.115. The maximum absolute atomic E-state index is 12.3. The SMILES string of the molecule is CC#C[C@]1(C)CC[C@H]2[C@@H]3CCC4=CC(=O)CCC4=C3C(c3ccc(NC)cc3)C[C@@]21O. The van der Waals surface area contributed by atoms with Crippen molar-refractivity contribution in [1.29, 1.82) is 0 Å². The van der Waals surface area contributed by atoms with Gasteiger partial charge in [0.25, 0.3) is 0 Å². The molecule has 0 bridgehead atoms. The number of benzene rings is 1. The van der Waals surface area contributed by atoms with Crippen LogP contribution in [-0.4, -0.2) is 23.5 Å². The maximum atomic E-state index is 12.3. The number of rotatable bonds is 2. The third-order valence-electron chi connectivity index (χ3n) is 8.72. The fourth-order valence-electron chi connectivity index (χ4n) is 7.16. The molecule has 1 aromatic carbocycles. The van der Waals surface area contributed by atoms with E-state index in [2.05, 4.69) is 48.3 Å². The van der Waals surface area contributed by atoms with Crippen LogP contribution in [0.4, 0.5) is 5.69 Å². The van der Waals surface area contributed by atoms with E-state index in [0.717, 1.165) is 44.2 Å². The number of carbonyl (C=O) groups excluding carboxylic acids is 1. The van der Waals surface area contributed by atoms with Crippen LogP contribution in [0.25, 0.3) is 0 Å². The lowest BCUT2D eigenvalue weighted by Crippen LogP contribution is -2.53. The Balaban J connectivity index is 1.68. The van der Waals surface area contributed by atoms with Crippen LogP contribution in [0.3, 0.4) is 0 Å². The van der Waals surface area contributed by atoms with E-state index in [1.54, 1.807) is 0 Å². The van der Waals surface area contributed by atoms with Crippen molar-refractivity contribution in [2.75, 3.05) is 12.4 Å². The van der Waals surface area contributed by atoms with Crippen LogP contribution in [0, 0.1) is 29.1 Å². The zero-order valence-electron chi connectivity index (χ0n) is 18.9. The highest BCUT2D eigenvalue weighted by Crippen LogP contribution is 2.65. The maximum Gasteiger partial charge on any atom is 0.156 e. The molecule has 162 valence electrons. The Labute approximate surface area is 186 Å². The van der Waals surface area contributed by atoms with Gasteiger partial charge in [-0.3, -0.25) is 4.79 Å². The lowest BCUT2D eigenvalue weighted by atomic mass is 9.53. The average molecular weight is 416 g/mol. The summed E-state index contributed by atoms with van der Waals surface area (Å²) >= 11 is 0. The number of fused-ring (bicyclic) bond motifs is 4. The van der Waals surface area contributed by atoms with Gasteiger partial charge in [0.05, 0.1) is 11.0 Å². The molecule has 2 fully saturated rings. The van der Waals surface area contributed by atoms with Crippen LogP contribution >= 0.6 is 0 Å². The fraction of sp³-hybridized carbons (Fsp3) is 0.536. The number of carbonyl (C=O) groups is 1. The first-order chi connectivity index (χ1) is 14.9. The number of nitrogens with one attached hydrogen (secondary N) is 1. The molecule has 31 heavy (non-hydrogen) atoms. The van der Waals surface area contributed by atoms with Crippen LogP contribution in [0.15, 0.2) is 47.1 Å². The number of ketones is 1. The standard InChI is InChI=1S/C28H33NO2/c1-4-14-27(2)15-13-25-23-11-7-19-16-21(30)10-12-22(19)26(23)24(17-28(25,27)31)18-5-8-20(29-3)9-6-18/h5-6,8-9,16,23-25,29,31H,7,10-13,15,17H2,1-3H3/t23-,24?,25-,27+,28+/m0/s1. The molecule has 4 aliphatic carbocycles. The third kappa shape index (κ3) is 3.03. The second kappa shape index (κ2) is 7.38. The van der Waals surface area contributed by atoms with Gasteiger partial charge in [-0.15, -0.1) is 5.92 Å². The molecule has 1 aromatic rings. The quantitative estimate of drug-likeness (QED) is 0.638. The Bertz CT molecular complexity index is 1040. The minimum absolute atomic E-state index is 0.181. The first-order valence-corrected chi connectivity index (χ1v) is 11.8. The van der Waals surface area contributed by atoms with Crippen LogP contribution in [0.1, 0.15) is 70.3 Å². The van der Waals surface area contributed by atoms with Crippen molar-refractivity contribution in [3.8, 4) is 11.8 Å². The molecular weight excluding hydrogens is 382 g/mol. The molecule has 1 unspecified atom stereocenters. The molecule has 0 amide bonds. The topological polar surface area (TPSA) is 49.3 Å². The Morgan fingerprint density at radius 3 is 2.61 bits per heavy atom. The summed E-state index contributed by atoms with van der Waals surface area (Å²) in [5, 5.41) is 15.5. The molecule has 4 aliphatic rings. The van der Waals surface area contributed by atoms with E-state index < -0.39 is 5.60 Å². The molecule has 0 spiro atoms. The Hall–Kier alpha value is -2.31. The number of anilines is 1. The molecule has 3 nitrogen and oxygen atoms in total. The van der Waals surface area contributed by atoms with Gasteiger partial charge >= 0.3 is 0 Å². The van der Waals surface area contributed by atoms with Gasteiger partial charge in [0.15, 0.2) is 5.78 Å². The molecule has 0 aliphatic heterocycles. The summed E-state index contributed by atoms with van der Waals surface area (Å²) in [4.78, 5) is 12.1. The van der Waals surface area contributed by atoms with Crippen LogP contribution in [-0.2, 0) is 4.79 Å². The molecule has 0 radical (unpaired) electrons. The third-order valence-corrected chi connectivity index (χ3v) is 8.72. The molecule has 3 heteroatoms. The highest BCUT2D eigenvalue weighted by atomic mass is 16.3. The van der Waals surface area contributed by atoms with E-state index in [1.165, 1.54) is 22.3 Å². The van der Waals surface area contributed by atoms with Gasteiger partial charge in [-0.25, -0.2) is 0 Å². The molecule has 2 N–H and O–H groups in total. The molecule has 0 aromatic heterocycles. The molecule has 5 rings (SSSR count). The van der Waals surface area contributed by atoms with Gasteiger partial charge in [-0.1, -0.05) is 23.6 Å². The van der Waals surface area contributed by atoms with Gasteiger partial charge in [0.1, 0.15) is 0 Å². The van der Waals surface area contributed by atoms with Crippen molar-refractivity contribution >= 4 is 11.5 Å². The highest BCUT2D eigenvalue weighted by molar-refractivity contribution is 5.93. The van der Waals surface area contributed by atoms with E-state index in [9.17, 15) is 9.90 Å². The van der Waals surface area contributed by atoms with E-state index in [-0.39, 0.29) is 23.0 Å². The van der Waals surface area contributed by atoms with Crippen LogP contribution in [0.2, 0.25) is 0 Å². The monoisotopic (exact) mass is 415 g/mol. The van der Waals surface area contributed by atoms with Crippen LogP contribution in [0.5, 0.6) is 0 Å². The van der Waals surface area contributed by atoms with E-state index >= 15 is 0 Å². The van der Waals surface area contributed by atoms with Crippen molar-refractivity contribution in [2.24, 2.45) is 17.3 Å². The number of hydrogen-bond acceptors (Lipinski definition) is 3. The summed E-state index contributed by atoms with van der Waals surface area (Å²) < 4.78 is 0. The van der Waals surface area contributed by atoms with Crippen molar-refractivity contribution in [3.05, 3.63) is 52.6 Å². The minimum atomic E-state index is -0.775. The van der Waals surface area contributed by atoms with Gasteiger partial charge in [-0.2, -0.15) is 0 Å². The summed E-state index contributed by atoms with van der Waals surface area (Å²) in [5.74, 6) is 7.64. The predicted molar refractivity (Wildman–Crippen MR) is 125 cm³/mol. The Morgan fingerprint density at radius 1 is 1.13 bits per heavy atom. The van der Waals surface area contributed by atoms with Crippen molar-refractivity contribution in [1.82, 2.24) is 0 Å². The van der Waals surface area contributed by atoms with E-state index in [1.807, 2.05) is 20.0 Å². The smallest absolute Gasteiger partial charge is 0.156 e. The zero-order chi connectivity index (χ0) is 21.8. The molecule has 2 saturated carbocycles. The zero-order valence-corrected chi connectivity index (χ0v) is 18.9. The van der Waals surface area contributed by atoms with Crippen molar-refractivity contribution < 1.29 is 9.90 Å². The summed E-state index contributed by atoms with van der Waals surface area (Å²) in [5.41, 5.74) is 5.45. The number of hydrogen-bond donors (Lipinski definition) is 2. The second-order valence-corrected chi connectivity index (χ2v) is 10.1. The van der Waals surface area contributed by atoms with Gasteiger partial charge < -0.3 is 10.4 Å². The first-order valence-electron chi connectivity index (χ1n) is 11.8. The van der Waals surface area contributed by atoms with Gasteiger partial charge in [0, 0.05) is 25.1 Å². The lowest BCUT2D eigenvalue weighted by Gasteiger charge is -2.53. The predicted octanol–water partition coefficient (Wildman–Crippen LogP) is 5.38. The molecule has 5 atom stereocenters. The van der Waals surface area contributed by atoms with Crippen molar-refractivity contribution in [2.45, 2.75) is 70.3 Å². The first kappa shape index (κ1) is 20.6. The number of allylic oxidation sites excluding steroid dienone is 4. The Morgan fingerprint density at radius 2 is 1.90 bits per heavy atom. The highest BCUT2D eigenvalue weighted by Gasteiger charge is 2.63. The fourth-order valence-corrected chi connectivity index (χ4v) is 7.16. The minimum Gasteiger partial charge on any atom is -0.388 e. The largest absolute Gasteiger partial charge is 0.388 e. The molecule has 0 heterocycles. The average Bonchev–Trinajstić information content (AvgIpc) is 3.03. The van der Waals surface area contributed by atoms with Gasteiger partial charge in [0.2, 0.25) is 0 Å². The summed E-state index contributed by atoms with van der Waals surface area (Å²) in [6.07, 6.45) is 8.10. The normalized spacial score (nSPS) is 36.6. The van der Waals surface area contributed by atoms with Gasteiger partial charge in [-0.05, 0) is 99.1 Å². The van der Waals surface area contributed by atoms with Crippen molar-refractivity contribution in [3.63, 3.8) is 0 Å². The second-order valence-electron chi connectivity index (χ2n) is 10.1. The molecule has 0 saturated heterocycles. The molecular formula is C28H33NO2. The van der Waals surface area contributed by atoms with E-state index in [0.29, 0.717) is 12.3 Å². The van der Waals surface area contributed by atoms with E-state index in [4.69, 9.17) is 0 Å². The summed E-state index contributed by atoms with van der Waals surface area (Å²) in [6, 6.07) is 8.70. The van der Waals surface area contributed by atoms with Crippen LogP contribution < -0.4 is 5.32 Å².